The van der Waals surface area contributed by atoms with E-state index < -0.39 is 24.4 Å². The van der Waals surface area contributed by atoms with Crippen LogP contribution in [0.3, 0.4) is 0 Å². The van der Waals surface area contributed by atoms with Gasteiger partial charge in [-0.05, 0) is 0 Å². The zero-order valence-electron chi connectivity index (χ0n) is 7.70. The first kappa shape index (κ1) is 20.1. The van der Waals surface area contributed by atoms with Crippen molar-refractivity contribution in [1.29, 1.82) is 0 Å². The molecule has 0 aliphatic heterocycles. The van der Waals surface area contributed by atoms with Gasteiger partial charge in [0.25, 0.3) is 5.91 Å². The molecule has 0 spiro atoms. The van der Waals surface area contributed by atoms with Crippen LogP contribution in [-0.2, 0) is 14.4 Å². The Balaban J connectivity index is -0.000000500. The summed E-state index contributed by atoms with van der Waals surface area (Å²) in [6.45, 7) is -0.757. The molecule has 0 saturated carbocycles. The second-order valence-corrected chi connectivity index (χ2v) is 1.82. The maximum absolute atomic E-state index is 10.4. The van der Waals surface area contributed by atoms with Crippen molar-refractivity contribution in [2.75, 3.05) is 13.6 Å². The fraction of sp³-hybridized carbons (Fsp3) is 0.400. The first-order chi connectivity index (χ1) is 4.95. The Bertz CT molecular complexity index is 207. The van der Waals surface area contributed by atoms with Gasteiger partial charge in [-0.25, -0.2) is 0 Å². The van der Waals surface area contributed by atoms with E-state index in [9.17, 15) is 24.6 Å². The van der Waals surface area contributed by atoms with Crippen LogP contribution in [0.5, 0.6) is 0 Å². The molecule has 62 valence electrons. The summed E-state index contributed by atoms with van der Waals surface area (Å²) in [7, 11) is 1.02. The number of aliphatic carboxylic acids is 2. The Morgan fingerprint density at radius 1 is 1.15 bits per heavy atom. The molecule has 0 rings (SSSR count). The number of rotatable bonds is 2. The molecule has 0 aromatic heterocycles. The largest absolute Gasteiger partial charge is 1.00 e. The molecule has 0 fully saturated rings. The molecule has 0 aromatic rings. The summed E-state index contributed by atoms with van der Waals surface area (Å²) in [5, 5.41) is 19.6. The predicted molar refractivity (Wildman–Crippen MR) is 27.7 cm³/mol. The van der Waals surface area contributed by atoms with E-state index >= 15 is 0 Å². The SMILES string of the molecule is CN(CC(=O)[O-])C(=O)C(=O)[O-].[K+].[K+]. The molecule has 0 N–H and O–H groups in total. The van der Waals surface area contributed by atoms with E-state index in [4.69, 9.17) is 0 Å². The number of carboxylic acids is 2. The van der Waals surface area contributed by atoms with Crippen molar-refractivity contribution in [3.63, 3.8) is 0 Å². The Morgan fingerprint density at radius 3 is 1.77 bits per heavy atom. The molecule has 6 nitrogen and oxygen atoms in total. The van der Waals surface area contributed by atoms with Gasteiger partial charge < -0.3 is 24.7 Å². The van der Waals surface area contributed by atoms with E-state index in [1.807, 2.05) is 0 Å². The number of nitrogens with zero attached hydrogens (tertiary/aromatic N) is 1. The summed E-state index contributed by atoms with van der Waals surface area (Å²) in [4.78, 5) is 30.5. The summed E-state index contributed by atoms with van der Waals surface area (Å²) in [5.74, 6) is -4.84. The number of hydrogen-bond donors (Lipinski definition) is 0. The first-order valence-electron chi connectivity index (χ1n) is 2.61. The molecule has 0 heterocycles. The summed E-state index contributed by atoms with van der Waals surface area (Å²) in [6, 6.07) is 0. The number of carbonyl (C=O) groups excluding carboxylic acids is 3. The third-order valence-electron chi connectivity index (χ3n) is 0.888. The summed E-state index contributed by atoms with van der Waals surface area (Å²) < 4.78 is 0. The quantitative estimate of drug-likeness (QED) is 0.350. The van der Waals surface area contributed by atoms with E-state index in [0.29, 0.717) is 4.90 Å². The van der Waals surface area contributed by atoms with Gasteiger partial charge in [-0.1, -0.05) is 0 Å². The summed E-state index contributed by atoms with van der Waals surface area (Å²) >= 11 is 0. The van der Waals surface area contributed by atoms with Crippen LogP contribution in [0.15, 0.2) is 0 Å². The van der Waals surface area contributed by atoms with Crippen LogP contribution < -0.4 is 113 Å². The van der Waals surface area contributed by atoms with Crippen LogP contribution in [0.1, 0.15) is 0 Å². The topological polar surface area (TPSA) is 101 Å². The van der Waals surface area contributed by atoms with Crippen molar-refractivity contribution in [2.24, 2.45) is 0 Å². The zero-order valence-corrected chi connectivity index (χ0v) is 13.9. The summed E-state index contributed by atoms with van der Waals surface area (Å²) in [6.07, 6.45) is 0. The molecule has 0 saturated heterocycles. The van der Waals surface area contributed by atoms with Crippen LogP contribution in [0.25, 0.3) is 0 Å². The first-order valence-corrected chi connectivity index (χ1v) is 2.61. The Hall–Kier alpha value is 1.68. The molecule has 8 heteroatoms. The molecule has 0 aromatic carbocycles. The number of carbonyl (C=O) groups is 3. The molecule has 0 bridgehead atoms. The fourth-order valence-electron chi connectivity index (χ4n) is 0.421. The van der Waals surface area contributed by atoms with E-state index in [0.717, 1.165) is 7.05 Å². The average Bonchev–Trinajstić information content (AvgIpc) is 1.84. The van der Waals surface area contributed by atoms with E-state index in [2.05, 4.69) is 0 Å². The Kier molecular flexibility index (Phi) is 15.8. The second-order valence-electron chi connectivity index (χ2n) is 1.82. The monoisotopic (exact) mass is 237 g/mol. The molecule has 0 aliphatic rings. The van der Waals surface area contributed by atoms with Gasteiger partial charge in [-0.15, -0.1) is 0 Å². The van der Waals surface area contributed by atoms with Gasteiger partial charge in [0.15, 0.2) is 0 Å². The molecule has 13 heavy (non-hydrogen) atoms. The van der Waals surface area contributed by atoms with Crippen molar-refractivity contribution in [2.45, 2.75) is 0 Å². The van der Waals surface area contributed by atoms with Gasteiger partial charge >= 0.3 is 103 Å². The molecule has 0 unspecified atom stereocenters. The molecular formula is C5H5K2NO5. The van der Waals surface area contributed by atoms with Gasteiger partial charge in [0.1, 0.15) is 5.97 Å². The minimum atomic E-state index is -1.94. The molecule has 0 aliphatic carbocycles. The Morgan fingerprint density at radius 2 is 1.54 bits per heavy atom. The van der Waals surface area contributed by atoms with E-state index in [-0.39, 0.29) is 103 Å². The second kappa shape index (κ2) is 10.2. The van der Waals surface area contributed by atoms with Crippen LogP contribution in [-0.4, -0.2) is 36.3 Å². The Labute approximate surface area is 160 Å². The number of likely N-dealkylation sites (N-methyl/N-ethyl adjacent to an activating group) is 1. The van der Waals surface area contributed by atoms with E-state index in [1.54, 1.807) is 0 Å². The van der Waals surface area contributed by atoms with Crippen LogP contribution in [0, 0.1) is 0 Å². The maximum Gasteiger partial charge on any atom is 1.00 e. The van der Waals surface area contributed by atoms with Crippen molar-refractivity contribution in [3.05, 3.63) is 0 Å². The predicted octanol–water partition coefficient (Wildman–Crippen LogP) is -10.0. The number of carboxylic acid groups (broad SMARTS) is 2. The van der Waals surface area contributed by atoms with Gasteiger partial charge in [0.05, 0.1) is 12.5 Å². The van der Waals surface area contributed by atoms with Crippen LogP contribution >= 0.6 is 0 Å². The summed E-state index contributed by atoms with van der Waals surface area (Å²) in [5.41, 5.74) is 0. The number of hydrogen-bond acceptors (Lipinski definition) is 5. The number of amides is 1. The zero-order chi connectivity index (χ0) is 9.02. The standard InChI is InChI=1S/C5H7NO5.2K/c1-6(2-3(7)8)4(9)5(10)11;;/h2H2,1H3,(H,7,8)(H,10,11);;/q;2*+1/p-2. The normalized spacial score (nSPS) is 7.46. The molecule has 0 radical (unpaired) electrons. The molecule has 1 amide bonds. The minimum absolute atomic E-state index is 0. The maximum atomic E-state index is 10.4. The van der Waals surface area contributed by atoms with Gasteiger partial charge in [0, 0.05) is 7.05 Å². The van der Waals surface area contributed by atoms with Crippen LogP contribution in [0.2, 0.25) is 0 Å². The van der Waals surface area contributed by atoms with Gasteiger partial charge in [0.2, 0.25) is 0 Å². The third-order valence-corrected chi connectivity index (χ3v) is 0.888. The van der Waals surface area contributed by atoms with Crippen molar-refractivity contribution in [3.8, 4) is 0 Å². The van der Waals surface area contributed by atoms with Gasteiger partial charge in [-0.3, -0.25) is 4.79 Å². The van der Waals surface area contributed by atoms with Crippen molar-refractivity contribution < 1.29 is 127 Å². The molecular weight excluding hydrogens is 232 g/mol. The average molecular weight is 237 g/mol. The van der Waals surface area contributed by atoms with Crippen molar-refractivity contribution >= 4 is 17.8 Å². The van der Waals surface area contributed by atoms with E-state index in [1.165, 1.54) is 0 Å². The third kappa shape index (κ3) is 9.98. The van der Waals surface area contributed by atoms with Crippen LogP contribution in [0.4, 0.5) is 0 Å². The van der Waals surface area contributed by atoms with Gasteiger partial charge in [-0.2, -0.15) is 0 Å². The minimum Gasteiger partial charge on any atom is -0.548 e. The molecule has 0 atom stereocenters. The van der Waals surface area contributed by atoms with Crippen molar-refractivity contribution in [1.82, 2.24) is 4.90 Å². The fourth-order valence-corrected chi connectivity index (χ4v) is 0.421. The smallest absolute Gasteiger partial charge is 0.548 e.